The van der Waals surface area contributed by atoms with Crippen molar-refractivity contribution < 1.29 is 75.9 Å². The van der Waals surface area contributed by atoms with Crippen molar-refractivity contribution in [2.45, 2.75) is 6.92 Å². The minimum Gasteiger partial charge on any atom is -0.565 e. The number of aromatic nitrogens is 2. The van der Waals surface area contributed by atoms with Crippen molar-refractivity contribution in [3.8, 4) is 5.75 Å². The van der Waals surface area contributed by atoms with Crippen LogP contribution in [0.1, 0.15) is 17.4 Å². The van der Waals surface area contributed by atoms with Gasteiger partial charge >= 0.3 is 51.4 Å². The molecule has 0 aliphatic heterocycles. The van der Waals surface area contributed by atoms with Crippen LogP contribution in [0.4, 0.5) is 4.79 Å². The molecule has 0 saturated carbocycles. The molecule has 106 valence electrons. The Morgan fingerprint density at radius 3 is 2.33 bits per heavy atom. The molecule has 0 aliphatic rings. The van der Waals surface area contributed by atoms with Crippen LogP contribution in [0, 0.1) is 0 Å². The first-order valence-electron chi connectivity index (χ1n) is 5.26. The Morgan fingerprint density at radius 2 is 1.86 bits per heavy atom. The van der Waals surface area contributed by atoms with Gasteiger partial charge in [-0.1, -0.05) is 11.6 Å². The van der Waals surface area contributed by atoms with E-state index in [9.17, 15) is 4.79 Å². The molecule has 0 aliphatic carbocycles. The zero-order chi connectivity index (χ0) is 15.3. The van der Waals surface area contributed by atoms with Crippen molar-refractivity contribution >= 4 is 34.3 Å². The molecule has 7 nitrogen and oxygen atoms in total. The number of pyridine rings is 2. The molecule has 9 heteroatoms. The molecule has 0 aromatic carbocycles. The molecule has 0 bridgehead atoms. The van der Waals surface area contributed by atoms with Crippen molar-refractivity contribution in [3.05, 3.63) is 29.3 Å². The Morgan fingerprint density at radius 1 is 1.29 bits per heavy atom. The number of carbonyl (C=O) groups excluding carboxylic acids is 1. The molecule has 2 aromatic rings. The summed E-state index contributed by atoms with van der Waals surface area (Å²) in [5.74, 6) is 0.457. The van der Waals surface area contributed by atoms with E-state index in [-0.39, 0.29) is 57.2 Å². The fraction of sp³-hybridized carbons (Fsp3) is 0.167. The van der Waals surface area contributed by atoms with E-state index in [0.717, 1.165) is 5.39 Å². The standard InChI is InChI=1S/C11H9ClN2O2.CH2O3.K/c1-6(15)11-7-3-10(12)13-4-8(7)9(16-2)5-14-11;2-1(3)4;/h3-5H,1-2H3;(H2,2,3,4);/q;;+1/p-1. The van der Waals surface area contributed by atoms with Crippen LogP contribution in [0.5, 0.6) is 5.75 Å². The maximum Gasteiger partial charge on any atom is 1.00 e. The van der Waals surface area contributed by atoms with Crippen molar-refractivity contribution in [1.29, 1.82) is 0 Å². The van der Waals surface area contributed by atoms with Gasteiger partial charge in [0.2, 0.25) is 6.16 Å². The van der Waals surface area contributed by atoms with Crippen molar-refractivity contribution in [1.82, 2.24) is 9.97 Å². The first kappa shape index (κ1) is 20.2. The Balaban J connectivity index is 0.000000715. The maximum atomic E-state index is 11.4. The second kappa shape index (κ2) is 9.29. The van der Waals surface area contributed by atoms with E-state index in [0.29, 0.717) is 22.0 Å². The van der Waals surface area contributed by atoms with Crippen LogP contribution in [0.3, 0.4) is 0 Å². The molecule has 0 unspecified atom stereocenters. The second-order valence-electron chi connectivity index (χ2n) is 3.55. The van der Waals surface area contributed by atoms with Gasteiger partial charge in [-0.15, -0.1) is 0 Å². The van der Waals surface area contributed by atoms with E-state index in [1.54, 1.807) is 19.4 Å². The third-order valence-corrected chi connectivity index (χ3v) is 2.46. The minimum absolute atomic E-state index is 0. The number of carbonyl (C=O) groups is 2. The number of ketones is 1. The van der Waals surface area contributed by atoms with Crippen LogP contribution in [0.15, 0.2) is 18.5 Å². The first-order valence-corrected chi connectivity index (χ1v) is 5.63. The molecule has 0 radical (unpaired) electrons. The average Bonchev–Trinajstić information content (AvgIpc) is 2.36. The van der Waals surface area contributed by atoms with Crippen LogP contribution in [0.25, 0.3) is 10.8 Å². The van der Waals surface area contributed by atoms with Gasteiger partial charge in [0.05, 0.1) is 13.3 Å². The number of hydrogen-bond acceptors (Lipinski definition) is 6. The van der Waals surface area contributed by atoms with Crippen LogP contribution in [-0.4, -0.2) is 34.1 Å². The van der Waals surface area contributed by atoms with Crippen LogP contribution in [-0.2, 0) is 0 Å². The third kappa shape index (κ3) is 5.85. The molecule has 21 heavy (non-hydrogen) atoms. The Kier molecular flexibility index (Phi) is 8.94. The Hall–Kier alpha value is -0.774. The maximum absolute atomic E-state index is 11.4. The molecule has 2 heterocycles. The van der Waals surface area contributed by atoms with Gasteiger partial charge in [0, 0.05) is 23.9 Å². The third-order valence-electron chi connectivity index (χ3n) is 2.26. The zero-order valence-electron chi connectivity index (χ0n) is 11.6. The van der Waals surface area contributed by atoms with Gasteiger partial charge in [0.25, 0.3) is 0 Å². The predicted molar refractivity (Wildman–Crippen MR) is 69.1 cm³/mol. The van der Waals surface area contributed by atoms with E-state index in [1.165, 1.54) is 13.1 Å². The summed E-state index contributed by atoms with van der Waals surface area (Å²) in [6.45, 7) is 1.46. The fourth-order valence-electron chi connectivity index (χ4n) is 1.53. The summed E-state index contributed by atoms with van der Waals surface area (Å²) in [5, 5.41) is 17.0. The van der Waals surface area contributed by atoms with Crippen LogP contribution < -0.4 is 61.2 Å². The summed E-state index contributed by atoms with van der Waals surface area (Å²) in [4.78, 5) is 27.9. The fourth-order valence-corrected chi connectivity index (χ4v) is 1.69. The molecular formula is C12H10ClKN2O5. The van der Waals surface area contributed by atoms with Gasteiger partial charge in [0.1, 0.15) is 16.6 Å². The van der Waals surface area contributed by atoms with E-state index >= 15 is 0 Å². The van der Waals surface area contributed by atoms with E-state index in [2.05, 4.69) is 9.97 Å². The largest absolute Gasteiger partial charge is 1.00 e. The number of halogens is 1. The van der Waals surface area contributed by atoms with Gasteiger partial charge in [-0.3, -0.25) is 4.79 Å². The number of fused-ring (bicyclic) bond motifs is 1. The molecule has 0 saturated heterocycles. The summed E-state index contributed by atoms with van der Waals surface area (Å²) in [6.07, 6.45) is 0.999. The van der Waals surface area contributed by atoms with Gasteiger partial charge in [0.15, 0.2) is 5.78 Å². The molecule has 0 spiro atoms. The summed E-state index contributed by atoms with van der Waals surface area (Å²) in [7, 11) is 1.54. The Labute approximate surface area is 167 Å². The first-order chi connectivity index (χ1) is 9.36. The molecule has 0 fully saturated rings. The van der Waals surface area contributed by atoms with Crippen LogP contribution in [0.2, 0.25) is 5.15 Å². The van der Waals surface area contributed by atoms with Crippen LogP contribution >= 0.6 is 11.6 Å². The monoisotopic (exact) mass is 336 g/mol. The zero-order valence-corrected chi connectivity index (χ0v) is 15.5. The van der Waals surface area contributed by atoms with Gasteiger partial charge in [-0.2, -0.15) is 0 Å². The number of ether oxygens (including phenoxy) is 1. The molecule has 1 N–H and O–H groups in total. The van der Waals surface area contributed by atoms with Crippen molar-refractivity contribution in [3.63, 3.8) is 0 Å². The minimum atomic E-state index is -2.08. The molecular weight excluding hydrogens is 327 g/mol. The molecule has 2 aromatic heterocycles. The SMILES string of the molecule is COc1cnc(C(C)=O)c2cc(Cl)ncc12.O=C([O-])O.[K+]. The van der Waals surface area contributed by atoms with Gasteiger partial charge in [-0.25, -0.2) is 9.97 Å². The predicted octanol–water partition coefficient (Wildman–Crippen LogP) is -1.61. The summed E-state index contributed by atoms with van der Waals surface area (Å²) < 4.78 is 5.15. The van der Waals surface area contributed by atoms with Crippen molar-refractivity contribution in [2.24, 2.45) is 0 Å². The summed E-state index contributed by atoms with van der Waals surface area (Å²) in [6, 6.07) is 1.61. The quantitative estimate of drug-likeness (QED) is 0.398. The van der Waals surface area contributed by atoms with E-state index in [4.69, 9.17) is 31.3 Å². The topological polar surface area (TPSA) is 112 Å². The number of Topliss-reactive ketones (excluding diaryl/α,β-unsaturated/α-hetero) is 1. The molecule has 2 rings (SSSR count). The summed E-state index contributed by atoms with van der Waals surface area (Å²) >= 11 is 5.80. The van der Waals surface area contributed by atoms with E-state index < -0.39 is 6.16 Å². The molecule has 0 amide bonds. The normalized spacial score (nSPS) is 9.10. The number of methoxy groups -OCH3 is 1. The number of nitrogens with zero attached hydrogens (tertiary/aromatic N) is 2. The summed E-state index contributed by atoms with van der Waals surface area (Å²) in [5.41, 5.74) is 0.375. The number of rotatable bonds is 2. The number of carboxylic acid groups (broad SMARTS) is 2. The number of hydrogen-bond donors (Lipinski definition) is 1. The van der Waals surface area contributed by atoms with Gasteiger partial charge < -0.3 is 19.7 Å². The smallest absolute Gasteiger partial charge is 0.565 e. The Bertz CT molecular complexity index is 661. The van der Waals surface area contributed by atoms with Gasteiger partial charge in [-0.05, 0) is 6.07 Å². The molecule has 0 atom stereocenters. The van der Waals surface area contributed by atoms with Crippen molar-refractivity contribution in [2.75, 3.05) is 7.11 Å². The average molecular weight is 337 g/mol. The second-order valence-corrected chi connectivity index (χ2v) is 3.94. The van der Waals surface area contributed by atoms with E-state index in [1.807, 2.05) is 0 Å².